The smallest absolute Gasteiger partial charge is 0.0687 e. The zero-order valence-electron chi connectivity index (χ0n) is 4.02. The van der Waals surface area contributed by atoms with Gasteiger partial charge >= 0.3 is 0 Å². The average molecular weight is 83.9 g/mol. The fraction of sp³-hybridized carbons (Fsp3) is 1.00. The first kappa shape index (κ1) is 6.02. The Morgan fingerprint density at radius 1 is 1.83 bits per heavy atom. The Hall–Kier alpha value is 0.0249. The molecule has 0 rings (SSSR count). The number of hydrogen-bond acceptors (Lipinski definition) is 1. The van der Waals surface area contributed by atoms with E-state index in [2.05, 4.69) is 0 Å². The van der Waals surface area contributed by atoms with E-state index >= 15 is 0 Å². The van der Waals surface area contributed by atoms with Gasteiger partial charge in [-0.05, 0) is 6.42 Å². The molecule has 0 saturated carbocycles. The van der Waals surface area contributed by atoms with Crippen LogP contribution in [0.5, 0.6) is 0 Å². The summed E-state index contributed by atoms with van der Waals surface area (Å²) < 4.78 is 0. The lowest BCUT2D eigenvalue weighted by atomic mass is 9.98. The van der Waals surface area contributed by atoms with Gasteiger partial charge in [-0.1, -0.05) is 13.2 Å². The second-order valence-electron chi connectivity index (χ2n) is 1.30. The third kappa shape index (κ3) is 2.27. The highest BCUT2D eigenvalue weighted by atomic mass is 16.3. The molecule has 0 aromatic carbocycles. The van der Waals surface area contributed by atoms with Crippen molar-refractivity contribution < 1.29 is 5.11 Å². The highest BCUT2D eigenvalue weighted by Gasteiger charge is 1.90. The Morgan fingerprint density at radius 2 is 2.33 bits per heavy atom. The summed E-state index contributed by atoms with van der Waals surface area (Å²) in [4.78, 5) is 0. The molecule has 0 spiro atoms. The van der Waals surface area contributed by atoms with Crippen LogP contribution in [0.25, 0.3) is 0 Å². The number of aliphatic hydroxyl groups is 1. The third-order valence-corrected chi connectivity index (χ3v) is 0.743. The van der Waals surface area contributed by atoms with E-state index in [4.69, 9.17) is 13.0 Å². The molecule has 0 aromatic heterocycles. The van der Waals surface area contributed by atoms with Gasteiger partial charge in [-0.2, -0.15) is 0 Å². The van der Waals surface area contributed by atoms with Crippen molar-refractivity contribution in [2.24, 2.45) is 0 Å². The standard InChI is InChI=1S/C4H9BO/c1-2-4(6)3-5/h4,6H,2-3H2,1H3/t4-/m0/s1. The molecule has 2 radical (unpaired) electrons. The summed E-state index contributed by atoms with van der Waals surface area (Å²) in [5.41, 5.74) is 0. The summed E-state index contributed by atoms with van der Waals surface area (Å²) in [7, 11) is 5.03. The van der Waals surface area contributed by atoms with Gasteiger partial charge in [0.1, 0.15) is 0 Å². The van der Waals surface area contributed by atoms with Crippen molar-refractivity contribution in [3.8, 4) is 0 Å². The van der Waals surface area contributed by atoms with Crippen LogP contribution in [0.4, 0.5) is 0 Å². The average Bonchev–Trinajstić information content (AvgIpc) is 1.65. The normalized spacial score (nSPS) is 14.3. The van der Waals surface area contributed by atoms with Crippen LogP contribution in [0.2, 0.25) is 6.32 Å². The molecule has 1 nitrogen and oxygen atoms in total. The number of aliphatic hydroxyl groups excluding tert-OH is 1. The van der Waals surface area contributed by atoms with Gasteiger partial charge in [0.2, 0.25) is 0 Å². The molecule has 0 aromatic rings. The molecule has 34 valence electrons. The van der Waals surface area contributed by atoms with Crippen molar-refractivity contribution in [3.63, 3.8) is 0 Å². The number of hydrogen-bond donors (Lipinski definition) is 1. The van der Waals surface area contributed by atoms with Crippen molar-refractivity contribution in [1.82, 2.24) is 0 Å². The van der Waals surface area contributed by atoms with E-state index in [1.54, 1.807) is 0 Å². The van der Waals surface area contributed by atoms with Crippen molar-refractivity contribution in [2.75, 3.05) is 0 Å². The molecule has 0 bridgehead atoms. The number of rotatable bonds is 2. The van der Waals surface area contributed by atoms with Gasteiger partial charge in [0.25, 0.3) is 0 Å². The zero-order chi connectivity index (χ0) is 4.99. The quantitative estimate of drug-likeness (QED) is 0.478. The second kappa shape index (κ2) is 3.22. The molecule has 0 unspecified atom stereocenters. The van der Waals surface area contributed by atoms with Gasteiger partial charge in [-0.15, -0.1) is 0 Å². The van der Waals surface area contributed by atoms with Crippen molar-refractivity contribution in [2.45, 2.75) is 25.8 Å². The van der Waals surface area contributed by atoms with Crippen molar-refractivity contribution in [1.29, 1.82) is 0 Å². The molecule has 0 amide bonds. The van der Waals surface area contributed by atoms with Gasteiger partial charge in [-0.3, -0.25) is 0 Å². The van der Waals surface area contributed by atoms with Crippen LogP contribution in [0.1, 0.15) is 13.3 Å². The molecule has 1 atom stereocenters. The van der Waals surface area contributed by atoms with Crippen LogP contribution in [0.15, 0.2) is 0 Å². The van der Waals surface area contributed by atoms with E-state index in [0.29, 0.717) is 6.32 Å². The SMILES string of the molecule is [B]C[C@@H](O)CC. The fourth-order valence-corrected chi connectivity index (χ4v) is 0.167. The summed E-state index contributed by atoms with van der Waals surface area (Å²) in [6.45, 7) is 1.90. The van der Waals surface area contributed by atoms with Gasteiger partial charge in [0.15, 0.2) is 0 Å². The van der Waals surface area contributed by atoms with Crippen LogP contribution >= 0.6 is 0 Å². The Labute approximate surface area is 39.8 Å². The van der Waals surface area contributed by atoms with Crippen LogP contribution < -0.4 is 0 Å². The molecule has 2 heteroatoms. The molecule has 6 heavy (non-hydrogen) atoms. The third-order valence-electron chi connectivity index (χ3n) is 0.743. The molecular weight excluding hydrogens is 74.9 g/mol. The lowest BCUT2D eigenvalue weighted by Crippen LogP contribution is -2.00. The molecule has 0 aliphatic rings. The highest BCUT2D eigenvalue weighted by molar-refractivity contribution is 6.08. The molecule has 0 aliphatic carbocycles. The van der Waals surface area contributed by atoms with Crippen LogP contribution in [0, 0.1) is 0 Å². The predicted molar refractivity (Wildman–Crippen MR) is 26.9 cm³/mol. The Balaban J connectivity index is 2.75. The lowest BCUT2D eigenvalue weighted by Gasteiger charge is -1.98. The maximum atomic E-state index is 8.54. The topological polar surface area (TPSA) is 20.2 Å². The minimum atomic E-state index is -0.287. The van der Waals surface area contributed by atoms with Crippen molar-refractivity contribution in [3.05, 3.63) is 0 Å². The van der Waals surface area contributed by atoms with Gasteiger partial charge in [0.05, 0.1) is 7.85 Å². The molecule has 0 saturated heterocycles. The summed E-state index contributed by atoms with van der Waals surface area (Å²) >= 11 is 0. The summed E-state index contributed by atoms with van der Waals surface area (Å²) in [5, 5.41) is 8.54. The summed E-state index contributed by atoms with van der Waals surface area (Å²) in [6, 6.07) is 0. The van der Waals surface area contributed by atoms with E-state index < -0.39 is 0 Å². The first-order chi connectivity index (χ1) is 2.81. The van der Waals surface area contributed by atoms with Crippen LogP contribution in [-0.2, 0) is 0 Å². The largest absolute Gasteiger partial charge is 0.394 e. The van der Waals surface area contributed by atoms with E-state index in [9.17, 15) is 0 Å². The van der Waals surface area contributed by atoms with E-state index in [1.165, 1.54) is 0 Å². The van der Waals surface area contributed by atoms with Crippen LogP contribution in [0.3, 0.4) is 0 Å². The predicted octanol–water partition coefficient (Wildman–Crippen LogP) is 0.344. The second-order valence-corrected chi connectivity index (χ2v) is 1.30. The van der Waals surface area contributed by atoms with Crippen LogP contribution in [-0.4, -0.2) is 19.1 Å². The fourth-order valence-electron chi connectivity index (χ4n) is 0.167. The first-order valence-electron chi connectivity index (χ1n) is 2.19. The molecule has 0 heterocycles. The van der Waals surface area contributed by atoms with E-state index in [0.717, 1.165) is 6.42 Å². The summed E-state index contributed by atoms with van der Waals surface area (Å²) in [6.07, 6.45) is 0.859. The molecular formula is C4H9BO. The van der Waals surface area contributed by atoms with Crippen molar-refractivity contribution >= 4 is 7.85 Å². The maximum absolute atomic E-state index is 8.54. The summed E-state index contributed by atoms with van der Waals surface area (Å²) in [5.74, 6) is 0. The lowest BCUT2D eigenvalue weighted by molar-refractivity contribution is 0.191. The highest BCUT2D eigenvalue weighted by Crippen LogP contribution is 1.90. The first-order valence-corrected chi connectivity index (χ1v) is 2.19. The van der Waals surface area contributed by atoms with E-state index in [1.807, 2.05) is 6.92 Å². The van der Waals surface area contributed by atoms with Gasteiger partial charge in [0, 0.05) is 6.10 Å². The minimum Gasteiger partial charge on any atom is -0.394 e. The molecule has 0 aliphatic heterocycles. The Morgan fingerprint density at radius 3 is 2.33 bits per heavy atom. The Kier molecular flexibility index (Phi) is 3.24. The molecule has 1 N–H and O–H groups in total. The molecule has 0 fully saturated rings. The maximum Gasteiger partial charge on any atom is 0.0687 e. The minimum absolute atomic E-state index is 0.287. The zero-order valence-corrected chi connectivity index (χ0v) is 4.02. The van der Waals surface area contributed by atoms with E-state index in [-0.39, 0.29) is 6.10 Å². The Bertz CT molecular complexity index is 26.7. The van der Waals surface area contributed by atoms with Gasteiger partial charge in [-0.25, -0.2) is 0 Å². The monoisotopic (exact) mass is 84.1 g/mol. The van der Waals surface area contributed by atoms with Gasteiger partial charge < -0.3 is 5.11 Å².